The van der Waals surface area contributed by atoms with E-state index in [1.807, 2.05) is 0 Å². The number of rotatable bonds is 8. The van der Waals surface area contributed by atoms with E-state index in [1.165, 1.54) is 6.92 Å². The highest BCUT2D eigenvalue weighted by Gasteiger charge is 2.99. The fraction of sp³-hybridized carbons (Fsp3) is 0.600. The molecule has 0 radical (unpaired) electrons. The van der Waals surface area contributed by atoms with Gasteiger partial charge in [0.25, 0.3) is 0 Å². The Morgan fingerprint density at radius 3 is 1.35 bits per heavy atom. The van der Waals surface area contributed by atoms with E-state index in [2.05, 4.69) is 0 Å². The summed E-state index contributed by atoms with van der Waals surface area (Å²) in [5.74, 6) is -34.7. The van der Waals surface area contributed by atoms with Crippen molar-refractivity contribution in [2.24, 2.45) is 0 Å². The Bertz CT molecular complexity index is 1000. The lowest BCUT2D eigenvalue weighted by atomic mass is 9.97. The summed E-state index contributed by atoms with van der Waals surface area (Å²) in [6.45, 7) is 1.29. The Hall–Kier alpha value is -0.533. The van der Waals surface area contributed by atoms with Gasteiger partial charge in [0.05, 0.1) is 5.41 Å². The molecule has 0 aromatic carbocycles. The topological polar surface area (TPSA) is 0 Å². The van der Waals surface area contributed by atoms with Gasteiger partial charge in [0, 0.05) is 5.04 Å². The van der Waals surface area contributed by atoms with Crippen molar-refractivity contribution in [3.63, 3.8) is 0 Å². The molecule has 0 N–H and O–H groups in total. The van der Waals surface area contributed by atoms with Crippen molar-refractivity contribution in [3.8, 4) is 0 Å². The first kappa shape index (κ1) is 34.5. The largest absolute Gasteiger partial charge is 0.460 e. The normalized spacial score (nSPS) is 23.1. The van der Waals surface area contributed by atoms with E-state index >= 15 is 0 Å². The Balaban J connectivity index is 3.83. The van der Waals surface area contributed by atoms with Crippen molar-refractivity contribution in [3.05, 3.63) is 35.3 Å². The summed E-state index contributed by atoms with van der Waals surface area (Å²) in [5.41, 5.74) is -1.85. The molecule has 0 amide bonds. The Morgan fingerprint density at radius 2 is 1.05 bits per heavy atom. The molecule has 0 aliphatic heterocycles. The van der Waals surface area contributed by atoms with E-state index < -0.39 is 67.0 Å². The van der Waals surface area contributed by atoms with Crippen LogP contribution in [0.3, 0.4) is 0 Å². The van der Waals surface area contributed by atoms with E-state index in [1.54, 1.807) is 0 Å². The second kappa shape index (κ2) is 8.25. The minimum Gasteiger partial charge on any atom is -0.192 e. The van der Waals surface area contributed by atoms with Crippen LogP contribution in [0, 0.1) is 0 Å². The fourth-order valence-corrected chi connectivity index (χ4v) is 7.47. The highest BCUT2D eigenvalue weighted by Crippen LogP contribution is 3.06. The maximum Gasteiger partial charge on any atom is 0.460 e. The fourth-order valence-electron chi connectivity index (χ4n) is 2.68. The van der Waals surface area contributed by atoms with E-state index in [-0.39, 0.29) is 18.6 Å². The Morgan fingerprint density at radius 1 is 0.703 bits per heavy atom. The predicted molar refractivity (Wildman–Crippen MR) is 105 cm³/mol. The Kier molecular flexibility index (Phi) is 7.69. The maximum atomic E-state index is 14.2. The van der Waals surface area contributed by atoms with Gasteiger partial charge in [0.2, 0.25) is 9.84 Å². The molecule has 0 saturated carbocycles. The first-order chi connectivity index (χ1) is 15.6. The van der Waals surface area contributed by atoms with Crippen LogP contribution in [0.15, 0.2) is 35.3 Å². The van der Waals surface area contributed by atoms with Crippen LogP contribution in [0.5, 0.6) is 0 Å². The van der Waals surface area contributed by atoms with Crippen molar-refractivity contribution >= 4 is 49.1 Å². The molecule has 0 aromatic heterocycles. The molecule has 0 atom stereocenters. The van der Waals surface area contributed by atoms with Crippen molar-refractivity contribution in [2.45, 2.75) is 53.5 Å². The molecule has 37 heavy (non-hydrogen) atoms. The third kappa shape index (κ3) is 4.85. The summed E-state index contributed by atoms with van der Waals surface area (Å²) in [4.78, 5) is 0. The molecule has 0 heterocycles. The molecule has 0 nitrogen and oxygen atoms in total. The summed E-state index contributed by atoms with van der Waals surface area (Å²) in [6, 6.07) is -3.94. The van der Waals surface area contributed by atoms with Crippen LogP contribution in [0.25, 0.3) is 0 Å². The van der Waals surface area contributed by atoms with E-state index in [0.717, 1.165) is 0 Å². The summed E-state index contributed by atoms with van der Waals surface area (Å²) in [6.07, 6.45) is -6.78. The van der Waals surface area contributed by atoms with Crippen molar-refractivity contribution in [1.82, 2.24) is 0 Å². The van der Waals surface area contributed by atoms with Gasteiger partial charge in [-0.1, -0.05) is 31.2 Å². The molecule has 1 rings (SSSR count). The predicted octanol–water partition coefficient (Wildman–Crippen LogP) is 10.9. The standard InChI is InChI=1S/C15H10Cl3F17SSi/c1-2-9(37(16,17)18)5-3-8(4-6-9)7-36(32,33,34,35)15(30,31)13(25,26)11(21,22)10(19,20)12(23,24)14(27,28)29/h3-7H,2H2,1H3. The number of alkyl halides is 13. The zero-order chi connectivity index (χ0) is 30.2. The first-order valence-corrected chi connectivity index (χ1v) is 15.9. The highest BCUT2D eigenvalue weighted by molar-refractivity contribution is 8.52. The van der Waals surface area contributed by atoms with Gasteiger partial charge in [-0.2, -0.15) is 57.1 Å². The second-order valence-corrected chi connectivity index (χ2v) is 19.4. The van der Waals surface area contributed by atoms with Crippen LogP contribution in [-0.2, 0) is 0 Å². The molecule has 0 saturated heterocycles. The van der Waals surface area contributed by atoms with Gasteiger partial charge in [-0.25, -0.2) is 0 Å². The molecule has 0 spiro atoms. The van der Waals surface area contributed by atoms with Gasteiger partial charge < -0.3 is 0 Å². The molecular weight excluding hydrogens is 670 g/mol. The molecule has 0 aromatic rings. The Labute approximate surface area is 210 Å². The molecule has 220 valence electrons. The van der Waals surface area contributed by atoms with Crippen molar-refractivity contribution in [2.75, 3.05) is 0 Å². The van der Waals surface area contributed by atoms with E-state index in [9.17, 15) is 72.6 Å². The number of halogens is 20. The lowest BCUT2D eigenvalue weighted by Crippen LogP contribution is -2.71. The van der Waals surface area contributed by atoms with Crippen LogP contribution >= 0.6 is 43.1 Å². The van der Waals surface area contributed by atoms with Crippen molar-refractivity contribution < 1.29 is 72.6 Å². The molecule has 22 heteroatoms. The molecule has 1 aliphatic carbocycles. The van der Waals surface area contributed by atoms with Gasteiger partial charge in [-0.15, -0.1) is 48.8 Å². The third-order valence-electron chi connectivity index (χ3n) is 5.07. The number of allylic oxidation sites excluding steroid dienone is 5. The summed E-state index contributed by atoms with van der Waals surface area (Å²) in [7, 11) is -12.3. The van der Waals surface area contributed by atoms with Crippen LogP contribution in [0.2, 0.25) is 5.04 Å². The quantitative estimate of drug-likeness (QED) is 0.136. The summed E-state index contributed by atoms with van der Waals surface area (Å²) >= 11 is 17.2. The lowest BCUT2D eigenvalue weighted by molar-refractivity contribution is -0.434. The van der Waals surface area contributed by atoms with E-state index in [4.69, 9.17) is 33.2 Å². The second-order valence-electron chi connectivity index (χ2n) is 7.62. The molecule has 0 bridgehead atoms. The average Bonchev–Trinajstić information content (AvgIpc) is 2.64. The zero-order valence-corrected chi connectivity index (χ0v) is 21.1. The maximum absolute atomic E-state index is 14.2. The number of hydrogen-bond acceptors (Lipinski definition) is 0. The summed E-state index contributed by atoms with van der Waals surface area (Å²) in [5, 5.41) is -12.9. The van der Waals surface area contributed by atoms with Gasteiger partial charge in [0.1, 0.15) is 0 Å². The smallest absolute Gasteiger partial charge is 0.192 e. The molecular formula is C15H10Cl3F17SSi. The first-order valence-electron chi connectivity index (χ1n) is 8.75. The van der Waals surface area contributed by atoms with Gasteiger partial charge >= 0.3 is 41.1 Å². The third-order valence-corrected chi connectivity index (χ3v) is 12.1. The highest BCUT2D eigenvalue weighted by atomic mass is 35.8. The van der Waals surface area contributed by atoms with Crippen LogP contribution in [0.1, 0.15) is 13.3 Å². The number of hydrogen-bond donors (Lipinski definition) is 0. The van der Waals surface area contributed by atoms with Crippen LogP contribution in [0.4, 0.5) is 72.6 Å². The molecule has 1 aliphatic rings. The van der Waals surface area contributed by atoms with Gasteiger partial charge in [-0.05, 0) is 12.0 Å². The SMILES string of the molecule is CCC1([Si](Cl)(Cl)Cl)C=CC(=CS(F)(F)(F)(F)C(F)(F)C(F)(F)C(F)(F)C(F)(F)C(F)(F)C(F)(F)F)C=C1. The minimum absolute atomic E-state index is 0.0650. The molecule has 0 fully saturated rings. The van der Waals surface area contributed by atoms with Gasteiger partial charge in [-0.3, -0.25) is 0 Å². The van der Waals surface area contributed by atoms with E-state index in [0.29, 0.717) is 12.2 Å². The minimum atomic E-state index is -12.3. The van der Waals surface area contributed by atoms with Gasteiger partial charge in [0.15, 0.2) is 0 Å². The zero-order valence-electron chi connectivity index (χ0n) is 17.1. The van der Waals surface area contributed by atoms with Crippen LogP contribution in [-0.4, -0.2) is 41.1 Å². The molecule has 0 unspecified atom stereocenters. The van der Waals surface area contributed by atoms with Crippen LogP contribution < -0.4 is 0 Å². The lowest BCUT2D eigenvalue weighted by Gasteiger charge is -2.55. The summed E-state index contributed by atoms with van der Waals surface area (Å²) < 4.78 is 227. The average molecular weight is 680 g/mol. The van der Waals surface area contributed by atoms with Crippen molar-refractivity contribution in [1.29, 1.82) is 0 Å². The monoisotopic (exact) mass is 678 g/mol.